The van der Waals surface area contributed by atoms with Gasteiger partial charge in [-0.05, 0) is 26.7 Å². The van der Waals surface area contributed by atoms with E-state index in [0.29, 0.717) is 31.9 Å². The summed E-state index contributed by atoms with van der Waals surface area (Å²) < 4.78 is 32.0. The highest BCUT2D eigenvalue weighted by molar-refractivity contribution is 14.0. The van der Waals surface area contributed by atoms with Crippen LogP contribution in [0, 0.1) is 0 Å². The zero-order valence-corrected chi connectivity index (χ0v) is 20.9. The number of hydrogen-bond donors (Lipinski definition) is 2. The summed E-state index contributed by atoms with van der Waals surface area (Å²) in [5, 5.41) is 11.2. The highest BCUT2D eigenvalue weighted by Crippen LogP contribution is 2.13. The molecular formula is C17H34IN7O3S. The van der Waals surface area contributed by atoms with Crippen LogP contribution in [0.25, 0.3) is 0 Å². The lowest BCUT2D eigenvalue weighted by Gasteiger charge is -2.25. The van der Waals surface area contributed by atoms with Gasteiger partial charge < -0.3 is 15.4 Å². The summed E-state index contributed by atoms with van der Waals surface area (Å²) in [6, 6.07) is 0.213. The van der Waals surface area contributed by atoms with E-state index in [0.717, 1.165) is 37.7 Å². The number of halogens is 1. The number of ether oxygens (including phenoxy) is 1. The van der Waals surface area contributed by atoms with E-state index in [-0.39, 0.29) is 35.8 Å². The largest absolute Gasteiger partial charge is 0.377 e. The molecule has 0 saturated carbocycles. The van der Waals surface area contributed by atoms with Crippen molar-refractivity contribution in [2.45, 2.75) is 52.3 Å². The SMILES string of the molecule is CCNC(=NCCCN(C)S(=O)(=O)CC)NC1CCc2nc(COC)nn2C1.I. The Hall–Kier alpha value is -0.990. The number of aliphatic imine (C=N–C) groups is 1. The van der Waals surface area contributed by atoms with Crippen LogP contribution in [0.3, 0.4) is 0 Å². The molecule has 168 valence electrons. The van der Waals surface area contributed by atoms with Crippen molar-refractivity contribution < 1.29 is 13.2 Å². The molecule has 0 fully saturated rings. The lowest BCUT2D eigenvalue weighted by Crippen LogP contribution is -2.47. The third-order valence-corrected chi connectivity index (χ3v) is 6.46. The van der Waals surface area contributed by atoms with Crippen LogP contribution in [0.2, 0.25) is 0 Å². The standard InChI is InChI=1S/C17H33N7O3S.HI/c1-5-18-17(19-10-7-11-23(3)28(25,26)6-2)20-14-8-9-16-21-15(13-27-4)22-24(16)12-14;/h14H,5-13H2,1-4H3,(H2,18,19,20);1H. The molecule has 0 aromatic carbocycles. The zero-order valence-electron chi connectivity index (χ0n) is 17.7. The van der Waals surface area contributed by atoms with Crippen molar-refractivity contribution in [3.05, 3.63) is 11.6 Å². The Morgan fingerprint density at radius 2 is 2.17 bits per heavy atom. The van der Waals surface area contributed by atoms with Gasteiger partial charge in [-0.15, -0.1) is 24.0 Å². The van der Waals surface area contributed by atoms with Crippen molar-refractivity contribution in [1.82, 2.24) is 29.7 Å². The Morgan fingerprint density at radius 3 is 2.83 bits per heavy atom. The van der Waals surface area contributed by atoms with Gasteiger partial charge in [0, 0.05) is 46.3 Å². The first-order chi connectivity index (χ1) is 13.4. The number of nitrogens with one attached hydrogen (secondary N) is 2. The molecule has 1 aliphatic heterocycles. The van der Waals surface area contributed by atoms with Crippen molar-refractivity contribution >= 4 is 40.0 Å². The number of fused-ring (bicyclic) bond motifs is 1. The predicted molar refractivity (Wildman–Crippen MR) is 124 cm³/mol. The molecule has 2 heterocycles. The third kappa shape index (κ3) is 7.98. The molecule has 2 N–H and O–H groups in total. The molecule has 29 heavy (non-hydrogen) atoms. The number of aromatic nitrogens is 3. The van der Waals surface area contributed by atoms with Gasteiger partial charge in [0.25, 0.3) is 0 Å². The Kier molecular flexibility index (Phi) is 11.4. The Balaban J connectivity index is 0.00000420. The summed E-state index contributed by atoms with van der Waals surface area (Å²) in [7, 11) is 0.117. The molecule has 1 aromatic rings. The van der Waals surface area contributed by atoms with Gasteiger partial charge in [-0.1, -0.05) is 0 Å². The van der Waals surface area contributed by atoms with Gasteiger partial charge in [-0.2, -0.15) is 5.10 Å². The second kappa shape index (κ2) is 12.6. The van der Waals surface area contributed by atoms with Crippen molar-refractivity contribution in [2.75, 3.05) is 39.5 Å². The van der Waals surface area contributed by atoms with Crippen molar-refractivity contribution in [2.24, 2.45) is 4.99 Å². The van der Waals surface area contributed by atoms with Crippen LogP contribution in [-0.2, 0) is 34.3 Å². The topological polar surface area (TPSA) is 114 Å². The summed E-state index contributed by atoms with van der Waals surface area (Å²) in [6.45, 7) is 6.60. The number of hydrogen-bond acceptors (Lipinski definition) is 6. The van der Waals surface area contributed by atoms with Gasteiger partial charge in [0.2, 0.25) is 10.0 Å². The molecule has 0 saturated heterocycles. The van der Waals surface area contributed by atoms with Crippen molar-refractivity contribution in [1.29, 1.82) is 0 Å². The molecule has 1 unspecified atom stereocenters. The molecule has 2 rings (SSSR count). The number of rotatable bonds is 10. The summed E-state index contributed by atoms with van der Waals surface area (Å²) in [5.41, 5.74) is 0. The van der Waals surface area contributed by atoms with E-state index in [9.17, 15) is 8.42 Å². The van der Waals surface area contributed by atoms with Gasteiger partial charge in [0.15, 0.2) is 11.8 Å². The number of aryl methyl sites for hydroxylation is 1. The molecule has 0 aliphatic carbocycles. The molecule has 1 aromatic heterocycles. The number of guanidine groups is 1. The highest BCUT2D eigenvalue weighted by Gasteiger charge is 2.22. The molecule has 0 spiro atoms. The molecule has 1 aliphatic rings. The van der Waals surface area contributed by atoms with Crippen LogP contribution in [0.15, 0.2) is 4.99 Å². The van der Waals surface area contributed by atoms with E-state index in [4.69, 9.17) is 4.74 Å². The van der Waals surface area contributed by atoms with E-state index >= 15 is 0 Å². The Bertz CT molecular complexity index is 754. The maximum atomic E-state index is 11.8. The summed E-state index contributed by atoms with van der Waals surface area (Å²) in [4.78, 5) is 9.08. The van der Waals surface area contributed by atoms with E-state index < -0.39 is 10.0 Å². The molecule has 1 atom stereocenters. The van der Waals surface area contributed by atoms with E-state index in [2.05, 4.69) is 25.7 Å². The average Bonchev–Trinajstić information content (AvgIpc) is 3.07. The quantitative estimate of drug-likeness (QED) is 0.192. The first kappa shape index (κ1) is 26.0. The number of nitrogens with zero attached hydrogens (tertiary/aromatic N) is 5. The van der Waals surface area contributed by atoms with Gasteiger partial charge in [-0.3, -0.25) is 4.99 Å². The molecule has 0 bridgehead atoms. The monoisotopic (exact) mass is 543 g/mol. The second-order valence-corrected chi connectivity index (χ2v) is 9.14. The smallest absolute Gasteiger partial charge is 0.213 e. The first-order valence-electron chi connectivity index (χ1n) is 9.80. The molecule has 0 radical (unpaired) electrons. The normalized spacial score (nSPS) is 17.0. The van der Waals surface area contributed by atoms with Crippen LogP contribution in [0.5, 0.6) is 0 Å². The van der Waals surface area contributed by atoms with Crippen LogP contribution >= 0.6 is 24.0 Å². The minimum Gasteiger partial charge on any atom is -0.377 e. The molecule has 0 amide bonds. The maximum absolute atomic E-state index is 11.8. The average molecular weight is 543 g/mol. The predicted octanol–water partition coefficient (Wildman–Crippen LogP) is 0.584. The number of methoxy groups -OCH3 is 1. The summed E-state index contributed by atoms with van der Waals surface area (Å²) in [5.74, 6) is 2.57. The van der Waals surface area contributed by atoms with Crippen LogP contribution < -0.4 is 10.6 Å². The van der Waals surface area contributed by atoms with Gasteiger partial charge in [0.1, 0.15) is 12.4 Å². The lowest BCUT2D eigenvalue weighted by atomic mass is 10.1. The molecule has 10 nitrogen and oxygen atoms in total. The highest BCUT2D eigenvalue weighted by atomic mass is 127. The van der Waals surface area contributed by atoms with Crippen LogP contribution in [0.4, 0.5) is 0 Å². The van der Waals surface area contributed by atoms with E-state index in [1.54, 1.807) is 21.1 Å². The van der Waals surface area contributed by atoms with Crippen molar-refractivity contribution in [3.63, 3.8) is 0 Å². The van der Waals surface area contributed by atoms with Crippen molar-refractivity contribution in [3.8, 4) is 0 Å². The van der Waals surface area contributed by atoms with Crippen LogP contribution in [-0.4, -0.2) is 79.0 Å². The van der Waals surface area contributed by atoms with Gasteiger partial charge >= 0.3 is 0 Å². The second-order valence-electron chi connectivity index (χ2n) is 6.78. The third-order valence-electron chi connectivity index (χ3n) is 4.60. The number of sulfonamides is 1. The van der Waals surface area contributed by atoms with Gasteiger partial charge in [0.05, 0.1) is 12.3 Å². The lowest BCUT2D eigenvalue weighted by molar-refractivity contribution is 0.177. The summed E-state index contributed by atoms with van der Waals surface area (Å²) in [6.07, 6.45) is 2.48. The first-order valence-corrected chi connectivity index (χ1v) is 11.4. The Labute approximate surface area is 190 Å². The maximum Gasteiger partial charge on any atom is 0.213 e. The Morgan fingerprint density at radius 1 is 1.41 bits per heavy atom. The fourth-order valence-electron chi connectivity index (χ4n) is 3.03. The summed E-state index contributed by atoms with van der Waals surface area (Å²) >= 11 is 0. The van der Waals surface area contributed by atoms with E-state index in [1.807, 2.05) is 11.6 Å². The van der Waals surface area contributed by atoms with Gasteiger partial charge in [-0.25, -0.2) is 22.4 Å². The fraction of sp³-hybridized carbons (Fsp3) is 0.824. The molecular weight excluding hydrogens is 509 g/mol. The van der Waals surface area contributed by atoms with Crippen LogP contribution in [0.1, 0.15) is 38.3 Å². The fourth-order valence-corrected chi connectivity index (χ4v) is 3.87. The minimum absolute atomic E-state index is 0. The van der Waals surface area contributed by atoms with E-state index in [1.165, 1.54) is 4.31 Å². The molecule has 12 heteroatoms. The zero-order chi connectivity index (χ0) is 20.6. The minimum atomic E-state index is -3.13.